The van der Waals surface area contributed by atoms with E-state index in [9.17, 15) is 18.8 Å². The van der Waals surface area contributed by atoms with E-state index in [-0.39, 0.29) is 31.4 Å². The molecule has 0 bridgehead atoms. The summed E-state index contributed by atoms with van der Waals surface area (Å²) < 4.78 is 14.9. The van der Waals surface area contributed by atoms with Gasteiger partial charge in [0.05, 0.1) is 5.69 Å². The number of carbonyl (C=O) groups excluding carboxylic acids is 3. The number of aliphatic hydroxyl groups is 1. The van der Waals surface area contributed by atoms with Gasteiger partial charge >= 0.3 is 0 Å². The third kappa shape index (κ3) is 3.77. The Morgan fingerprint density at radius 3 is 2.53 bits per heavy atom. The number of carbonyl (C=O) groups is 3. The summed E-state index contributed by atoms with van der Waals surface area (Å²) in [7, 11) is 0. The molecule has 0 aliphatic carbocycles. The zero-order chi connectivity index (χ0) is 22.4. The molecule has 172 valence electrons. The van der Waals surface area contributed by atoms with Crippen molar-refractivity contribution in [2.45, 2.75) is 50.7 Å². The second kappa shape index (κ2) is 8.44. The normalized spacial score (nSPS) is 25.2. The molecule has 3 fully saturated rings. The number of fused-ring (bicyclic) bond motifs is 1. The highest BCUT2D eigenvalue weighted by molar-refractivity contribution is 6.05. The minimum Gasteiger partial charge on any atom is -0.396 e. The van der Waals surface area contributed by atoms with Gasteiger partial charge in [-0.25, -0.2) is 4.39 Å². The van der Waals surface area contributed by atoms with Crippen LogP contribution in [0.25, 0.3) is 0 Å². The van der Waals surface area contributed by atoms with Gasteiger partial charge in [0.25, 0.3) is 5.91 Å². The van der Waals surface area contributed by atoms with Gasteiger partial charge in [0.1, 0.15) is 11.9 Å². The average molecular weight is 445 g/mol. The number of benzene rings is 1. The molecule has 1 unspecified atom stereocenters. The summed E-state index contributed by atoms with van der Waals surface area (Å²) in [5, 5.41) is 11.4. The van der Waals surface area contributed by atoms with Crippen LogP contribution in [0, 0.1) is 11.7 Å². The van der Waals surface area contributed by atoms with Gasteiger partial charge in [-0.05, 0) is 62.4 Å². The highest BCUT2D eigenvalue weighted by Crippen LogP contribution is 2.35. The lowest BCUT2D eigenvalue weighted by molar-refractivity contribution is -0.136. The van der Waals surface area contributed by atoms with Crippen molar-refractivity contribution in [3.05, 3.63) is 29.1 Å². The first-order valence-electron chi connectivity index (χ1n) is 11.5. The van der Waals surface area contributed by atoms with Crippen molar-refractivity contribution in [3.63, 3.8) is 0 Å². The first-order valence-corrected chi connectivity index (χ1v) is 11.5. The molecule has 1 aromatic carbocycles. The molecular formula is C23H29FN4O4. The maximum atomic E-state index is 14.9. The second-order valence-corrected chi connectivity index (χ2v) is 9.41. The molecule has 5 rings (SSSR count). The molecule has 8 nitrogen and oxygen atoms in total. The molecular weight excluding hydrogens is 415 g/mol. The molecule has 0 saturated carbocycles. The number of likely N-dealkylation sites (tertiary alicyclic amines) is 1. The van der Waals surface area contributed by atoms with Crippen LogP contribution < -0.4 is 10.2 Å². The average Bonchev–Trinajstić information content (AvgIpc) is 3.04. The standard InChI is InChI=1S/C23H29FN4O4/c24-18-10-17-15(11-28(23(17)32)19-1-2-21(30)25-22(19)31)9-20(18)27-12-16(13-27)26-6-3-14(4-7-26)5-8-29/h9-10,14,16,19,29H,1-8,11-13H2,(H,25,30,31). The summed E-state index contributed by atoms with van der Waals surface area (Å²) in [6, 6.07) is 2.76. The fourth-order valence-corrected chi connectivity index (χ4v) is 5.49. The summed E-state index contributed by atoms with van der Waals surface area (Å²) in [5.41, 5.74) is 1.54. The fourth-order valence-electron chi connectivity index (χ4n) is 5.49. The van der Waals surface area contributed by atoms with E-state index in [0.717, 1.165) is 51.0 Å². The minimum atomic E-state index is -0.693. The van der Waals surface area contributed by atoms with Gasteiger partial charge in [-0.15, -0.1) is 0 Å². The van der Waals surface area contributed by atoms with Crippen molar-refractivity contribution >= 4 is 23.4 Å². The van der Waals surface area contributed by atoms with Crippen molar-refractivity contribution in [1.29, 1.82) is 0 Å². The summed E-state index contributed by atoms with van der Waals surface area (Å²) in [6.07, 6.45) is 3.57. The third-order valence-electron chi connectivity index (χ3n) is 7.50. The van der Waals surface area contributed by atoms with E-state index in [1.54, 1.807) is 6.07 Å². The number of nitrogens with zero attached hydrogens (tertiary/aromatic N) is 3. The van der Waals surface area contributed by atoms with Gasteiger partial charge < -0.3 is 14.9 Å². The quantitative estimate of drug-likeness (QED) is 0.655. The van der Waals surface area contributed by atoms with Gasteiger partial charge in [0, 0.05) is 44.3 Å². The maximum absolute atomic E-state index is 14.9. The lowest BCUT2D eigenvalue weighted by Gasteiger charge is -2.48. The molecule has 4 heterocycles. The van der Waals surface area contributed by atoms with E-state index in [1.165, 1.54) is 11.0 Å². The molecule has 3 saturated heterocycles. The van der Waals surface area contributed by atoms with E-state index >= 15 is 0 Å². The molecule has 0 radical (unpaired) electrons. The van der Waals surface area contributed by atoms with Gasteiger partial charge in [0.2, 0.25) is 11.8 Å². The number of nitrogens with one attached hydrogen (secondary N) is 1. The first-order chi connectivity index (χ1) is 15.4. The Morgan fingerprint density at radius 2 is 1.84 bits per heavy atom. The zero-order valence-electron chi connectivity index (χ0n) is 18.1. The van der Waals surface area contributed by atoms with Crippen LogP contribution in [-0.4, -0.2) is 77.5 Å². The Morgan fingerprint density at radius 1 is 1.09 bits per heavy atom. The number of hydrogen-bond acceptors (Lipinski definition) is 6. The number of amides is 3. The largest absolute Gasteiger partial charge is 0.396 e. The molecule has 2 N–H and O–H groups in total. The fraction of sp³-hybridized carbons (Fsp3) is 0.609. The summed E-state index contributed by atoms with van der Waals surface area (Å²) in [5.74, 6) is -0.953. The smallest absolute Gasteiger partial charge is 0.255 e. The van der Waals surface area contributed by atoms with E-state index in [4.69, 9.17) is 5.11 Å². The van der Waals surface area contributed by atoms with E-state index in [0.29, 0.717) is 29.6 Å². The topological polar surface area (TPSA) is 93.2 Å². The number of piperidine rings is 2. The van der Waals surface area contributed by atoms with Crippen molar-refractivity contribution < 1.29 is 23.9 Å². The molecule has 0 spiro atoms. The molecule has 3 amide bonds. The molecule has 9 heteroatoms. The van der Waals surface area contributed by atoms with Crippen LogP contribution in [0.3, 0.4) is 0 Å². The number of anilines is 1. The van der Waals surface area contributed by atoms with Crippen LogP contribution in [0.2, 0.25) is 0 Å². The maximum Gasteiger partial charge on any atom is 0.255 e. The number of halogens is 1. The van der Waals surface area contributed by atoms with Crippen molar-refractivity contribution in [2.75, 3.05) is 37.7 Å². The summed E-state index contributed by atoms with van der Waals surface area (Å²) in [4.78, 5) is 42.4. The van der Waals surface area contributed by atoms with Crippen LogP contribution in [0.4, 0.5) is 10.1 Å². The van der Waals surface area contributed by atoms with Crippen molar-refractivity contribution in [1.82, 2.24) is 15.1 Å². The molecule has 4 aliphatic heterocycles. The van der Waals surface area contributed by atoms with Crippen LogP contribution >= 0.6 is 0 Å². The highest BCUT2D eigenvalue weighted by atomic mass is 19.1. The summed E-state index contributed by atoms with van der Waals surface area (Å²) >= 11 is 0. The minimum absolute atomic E-state index is 0.197. The second-order valence-electron chi connectivity index (χ2n) is 9.41. The number of rotatable bonds is 5. The number of aliphatic hydroxyl groups excluding tert-OH is 1. The van der Waals surface area contributed by atoms with Crippen molar-refractivity contribution in [3.8, 4) is 0 Å². The number of imide groups is 1. The molecule has 0 aromatic heterocycles. The van der Waals surface area contributed by atoms with E-state index in [1.807, 2.05) is 4.90 Å². The SMILES string of the molecule is O=C1CCC(N2Cc3cc(N4CC(N5CCC(CCO)CC5)C4)c(F)cc3C2=O)C(=O)N1. The molecule has 1 aromatic rings. The molecule has 32 heavy (non-hydrogen) atoms. The van der Waals surface area contributed by atoms with Gasteiger partial charge in [-0.2, -0.15) is 0 Å². The lowest BCUT2D eigenvalue weighted by Crippen LogP contribution is -2.61. The van der Waals surface area contributed by atoms with Crippen molar-refractivity contribution in [2.24, 2.45) is 5.92 Å². The van der Waals surface area contributed by atoms with Gasteiger partial charge in [-0.1, -0.05) is 0 Å². The monoisotopic (exact) mass is 444 g/mol. The predicted molar refractivity (Wildman–Crippen MR) is 114 cm³/mol. The van der Waals surface area contributed by atoms with E-state index < -0.39 is 17.8 Å². The first kappa shape index (κ1) is 21.3. The molecule has 1 atom stereocenters. The third-order valence-corrected chi connectivity index (χ3v) is 7.50. The predicted octanol–water partition coefficient (Wildman–Crippen LogP) is 0.870. The highest BCUT2D eigenvalue weighted by Gasteiger charge is 2.41. The van der Waals surface area contributed by atoms with Crippen LogP contribution in [0.1, 0.15) is 48.0 Å². The Labute approximate surface area is 186 Å². The van der Waals surface area contributed by atoms with Gasteiger partial charge in [0.15, 0.2) is 0 Å². The van der Waals surface area contributed by atoms with E-state index in [2.05, 4.69) is 10.2 Å². The van der Waals surface area contributed by atoms with Gasteiger partial charge in [-0.3, -0.25) is 24.6 Å². The Balaban J connectivity index is 1.23. The van der Waals surface area contributed by atoms with Crippen LogP contribution in [0.5, 0.6) is 0 Å². The lowest BCUT2D eigenvalue weighted by atomic mass is 9.92. The Bertz CT molecular complexity index is 940. The van der Waals surface area contributed by atoms with Crippen LogP contribution in [-0.2, 0) is 16.1 Å². The number of hydrogen-bond donors (Lipinski definition) is 2. The Hall–Kier alpha value is -2.52. The zero-order valence-corrected chi connectivity index (χ0v) is 18.1. The van der Waals surface area contributed by atoms with Crippen LogP contribution in [0.15, 0.2) is 12.1 Å². The Kier molecular flexibility index (Phi) is 5.63. The molecule has 4 aliphatic rings. The summed E-state index contributed by atoms with van der Waals surface area (Å²) in [6.45, 7) is 4.05.